The number of carbonyl (C=O) groups is 1. The highest BCUT2D eigenvalue weighted by Crippen LogP contribution is 2.27. The molecule has 0 radical (unpaired) electrons. The number of carbonyl (C=O) groups excluding carboxylic acids is 1. The number of halogens is 1. The predicted molar refractivity (Wildman–Crippen MR) is 89.1 cm³/mol. The molecule has 0 unspecified atom stereocenters. The maximum Gasteiger partial charge on any atom is 0.255 e. The summed E-state index contributed by atoms with van der Waals surface area (Å²) in [6, 6.07) is 12.2. The van der Waals surface area contributed by atoms with Crippen molar-refractivity contribution in [2.75, 3.05) is 5.32 Å². The standard InChI is InChI=1S/C16H14ClN5O2/c1-10-2-7-14(24-9-15-19-21-22-20-15)13(8-10)18-16(23)11-3-5-12(17)6-4-11/h2-8H,9H2,1H3,(H,18,23)(H,19,20,21,22). The van der Waals surface area contributed by atoms with E-state index in [-0.39, 0.29) is 12.5 Å². The van der Waals surface area contributed by atoms with Crippen LogP contribution < -0.4 is 10.1 Å². The van der Waals surface area contributed by atoms with Crippen molar-refractivity contribution in [3.63, 3.8) is 0 Å². The van der Waals surface area contributed by atoms with Gasteiger partial charge in [-0.2, -0.15) is 5.21 Å². The second kappa shape index (κ2) is 7.10. The molecule has 7 nitrogen and oxygen atoms in total. The molecule has 0 saturated heterocycles. The summed E-state index contributed by atoms with van der Waals surface area (Å²) in [5.41, 5.74) is 2.07. The smallest absolute Gasteiger partial charge is 0.255 e. The summed E-state index contributed by atoms with van der Waals surface area (Å²) in [5, 5.41) is 16.9. The van der Waals surface area contributed by atoms with Crippen molar-refractivity contribution < 1.29 is 9.53 Å². The summed E-state index contributed by atoms with van der Waals surface area (Å²) in [6.07, 6.45) is 0. The zero-order chi connectivity index (χ0) is 16.9. The molecule has 3 rings (SSSR count). The van der Waals surface area contributed by atoms with Crippen molar-refractivity contribution in [3.05, 3.63) is 64.4 Å². The fourth-order valence-corrected chi connectivity index (χ4v) is 2.18. The molecule has 2 aromatic carbocycles. The SMILES string of the molecule is Cc1ccc(OCc2nn[nH]n2)c(NC(=O)c2ccc(Cl)cc2)c1. The van der Waals surface area contributed by atoms with Gasteiger partial charge in [0.15, 0.2) is 6.61 Å². The second-order valence-corrected chi connectivity index (χ2v) is 5.51. The van der Waals surface area contributed by atoms with Gasteiger partial charge in [0.05, 0.1) is 5.69 Å². The van der Waals surface area contributed by atoms with Gasteiger partial charge in [-0.1, -0.05) is 22.9 Å². The minimum absolute atomic E-state index is 0.142. The van der Waals surface area contributed by atoms with E-state index in [4.69, 9.17) is 16.3 Å². The van der Waals surface area contributed by atoms with Crippen LogP contribution in [-0.2, 0) is 6.61 Å². The van der Waals surface area contributed by atoms with Crippen molar-refractivity contribution in [1.29, 1.82) is 0 Å². The van der Waals surface area contributed by atoms with Gasteiger partial charge >= 0.3 is 0 Å². The van der Waals surface area contributed by atoms with Gasteiger partial charge in [-0.25, -0.2) is 0 Å². The van der Waals surface area contributed by atoms with Crippen LogP contribution in [0.4, 0.5) is 5.69 Å². The number of amides is 1. The normalized spacial score (nSPS) is 10.4. The zero-order valence-electron chi connectivity index (χ0n) is 12.8. The van der Waals surface area contributed by atoms with E-state index in [1.807, 2.05) is 19.1 Å². The van der Waals surface area contributed by atoms with Crippen LogP contribution in [0.15, 0.2) is 42.5 Å². The summed E-state index contributed by atoms with van der Waals surface area (Å²) in [7, 11) is 0. The van der Waals surface area contributed by atoms with Crippen LogP contribution in [0.25, 0.3) is 0 Å². The molecule has 0 atom stereocenters. The third-order valence-electron chi connectivity index (χ3n) is 3.24. The minimum atomic E-state index is -0.248. The number of hydrogen-bond acceptors (Lipinski definition) is 5. The number of benzene rings is 2. The first-order valence-corrected chi connectivity index (χ1v) is 7.52. The van der Waals surface area contributed by atoms with Gasteiger partial charge in [0, 0.05) is 10.6 Å². The summed E-state index contributed by atoms with van der Waals surface area (Å²) >= 11 is 5.84. The van der Waals surface area contributed by atoms with Crippen molar-refractivity contribution >= 4 is 23.2 Å². The average molecular weight is 344 g/mol. The largest absolute Gasteiger partial charge is 0.483 e. The number of anilines is 1. The molecule has 8 heteroatoms. The molecule has 2 N–H and O–H groups in total. The number of aromatic amines is 1. The number of aryl methyl sites for hydroxylation is 1. The highest BCUT2D eigenvalue weighted by atomic mass is 35.5. The molecule has 24 heavy (non-hydrogen) atoms. The van der Waals surface area contributed by atoms with Gasteiger partial charge < -0.3 is 10.1 Å². The van der Waals surface area contributed by atoms with E-state index in [1.165, 1.54) is 0 Å². The lowest BCUT2D eigenvalue weighted by Gasteiger charge is -2.12. The van der Waals surface area contributed by atoms with Gasteiger partial charge in [0.25, 0.3) is 5.91 Å². The Labute approximate surface area is 143 Å². The Morgan fingerprint density at radius 3 is 2.75 bits per heavy atom. The quantitative estimate of drug-likeness (QED) is 0.742. The lowest BCUT2D eigenvalue weighted by Crippen LogP contribution is -2.13. The van der Waals surface area contributed by atoms with E-state index < -0.39 is 0 Å². The summed E-state index contributed by atoms with van der Waals surface area (Å²) in [4.78, 5) is 12.4. The van der Waals surface area contributed by atoms with E-state index in [2.05, 4.69) is 25.9 Å². The van der Waals surface area contributed by atoms with Crippen molar-refractivity contribution in [2.45, 2.75) is 13.5 Å². The van der Waals surface area contributed by atoms with E-state index in [9.17, 15) is 4.79 Å². The molecule has 1 aromatic heterocycles. The van der Waals surface area contributed by atoms with Crippen LogP contribution in [0.2, 0.25) is 5.02 Å². The molecule has 0 spiro atoms. The number of rotatable bonds is 5. The Hall–Kier alpha value is -2.93. The minimum Gasteiger partial charge on any atom is -0.483 e. The van der Waals surface area contributed by atoms with Gasteiger partial charge in [0.2, 0.25) is 5.82 Å². The lowest BCUT2D eigenvalue weighted by atomic mass is 10.1. The fourth-order valence-electron chi connectivity index (χ4n) is 2.05. The molecule has 0 bridgehead atoms. The Morgan fingerprint density at radius 1 is 1.25 bits per heavy atom. The van der Waals surface area contributed by atoms with Gasteiger partial charge in [0.1, 0.15) is 5.75 Å². The first kappa shape index (κ1) is 15.9. The molecule has 0 aliphatic heterocycles. The number of hydrogen-bond donors (Lipinski definition) is 2. The molecule has 1 heterocycles. The molecule has 122 valence electrons. The Bertz CT molecular complexity index is 834. The summed E-state index contributed by atoms with van der Waals surface area (Å²) in [6.45, 7) is 2.07. The van der Waals surface area contributed by atoms with Crippen LogP contribution in [0.5, 0.6) is 5.75 Å². The van der Waals surface area contributed by atoms with Gasteiger partial charge in [-0.05, 0) is 48.9 Å². The maximum absolute atomic E-state index is 12.4. The predicted octanol–water partition coefficient (Wildman–Crippen LogP) is 2.99. The van der Waals surface area contributed by atoms with Crippen molar-refractivity contribution in [2.24, 2.45) is 0 Å². The third-order valence-corrected chi connectivity index (χ3v) is 3.49. The topological polar surface area (TPSA) is 92.8 Å². The Morgan fingerprint density at radius 2 is 2.04 bits per heavy atom. The van der Waals surface area contributed by atoms with Crippen LogP contribution in [0.3, 0.4) is 0 Å². The zero-order valence-corrected chi connectivity index (χ0v) is 13.5. The molecule has 0 aliphatic carbocycles. The van der Waals surface area contributed by atoms with E-state index in [1.54, 1.807) is 30.3 Å². The van der Waals surface area contributed by atoms with Crippen molar-refractivity contribution in [3.8, 4) is 5.75 Å². The van der Waals surface area contributed by atoms with E-state index >= 15 is 0 Å². The summed E-state index contributed by atoms with van der Waals surface area (Å²) < 4.78 is 5.67. The highest BCUT2D eigenvalue weighted by molar-refractivity contribution is 6.30. The molecule has 0 aliphatic rings. The number of H-pyrrole nitrogens is 1. The number of nitrogens with one attached hydrogen (secondary N) is 2. The first-order chi connectivity index (χ1) is 11.6. The molecule has 0 fully saturated rings. The lowest BCUT2D eigenvalue weighted by molar-refractivity contribution is 0.102. The Balaban J connectivity index is 1.77. The Kier molecular flexibility index (Phi) is 4.72. The highest BCUT2D eigenvalue weighted by Gasteiger charge is 2.11. The maximum atomic E-state index is 12.4. The second-order valence-electron chi connectivity index (χ2n) is 5.08. The summed E-state index contributed by atoms with van der Waals surface area (Å²) in [5.74, 6) is 0.694. The fraction of sp³-hybridized carbons (Fsp3) is 0.125. The van der Waals surface area contributed by atoms with Crippen LogP contribution >= 0.6 is 11.6 Å². The van der Waals surface area contributed by atoms with E-state index in [0.717, 1.165) is 5.56 Å². The van der Waals surface area contributed by atoms with Crippen LogP contribution in [0, 0.1) is 6.92 Å². The first-order valence-electron chi connectivity index (χ1n) is 7.14. The van der Waals surface area contributed by atoms with Crippen LogP contribution in [0.1, 0.15) is 21.7 Å². The molecule has 3 aromatic rings. The molecule has 1 amide bonds. The van der Waals surface area contributed by atoms with E-state index in [0.29, 0.717) is 27.8 Å². The number of aromatic nitrogens is 4. The van der Waals surface area contributed by atoms with Crippen LogP contribution in [-0.4, -0.2) is 26.5 Å². The van der Waals surface area contributed by atoms with Gasteiger partial charge in [-0.15, -0.1) is 10.2 Å². The molecular weight excluding hydrogens is 330 g/mol. The number of tetrazole rings is 1. The number of ether oxygens (including phenoxy) is 1. The molecular formula is C16H14ClN5O2. The number of nitrogens with zero attached hydrogens (tertiary/aromatic N) is 3. The average Bonchev–Trinajstić information content (AvgIpc) is 3.08. The van der Waals surface area contributed by atoms with Crippen molar-refractivity contribution in [1.82, 2.24) is 20.6 Å². The van der Waals surface area contributed by atoms with Gasteiger partial charge in [-0.3, -0.25) is 4.79 Å². The monoisotopic (exact) mass is 343 g/mol. The third kappa shape index (κ3) is 3.88. The molecule has 0 saturated carbocycles.